The van der Waals surface area contributed by atoms with Crippen LogP contribution in [0.3, 0.4) is 0 Å². The Hall–Kier alpha value is -4.09. The Morgan fingerprint density at radius 1 is 1.04 bits per heavy atom. The first-order valence-electron chi connectivity index (χ1n) is 6.57. The van der Waals surface area contributed by atoms with Gasteiger partial charge in [0.15, 0.2) is 5.52 Å². The number of carboxylic acid groups (broad SMARTS) is 1. The molecule has 25 heavy (non-hydrogen) atoms. The van der Waals surface area contributed by atoms with Crippen molar-refractivity contribution in [3.8, 4) is 0 Å². The molecule has 126 valence electrons. The molecule has 0 unspecified atom stereocenters. The van der Waals surface area contributed by atoms with Crippen LogP contribution in [0, 0.1) is 20.2 Å². The number of nitro benzene ring substituents is 2. The van der Waals surface area contributed by atoms with E-state index < -0.39 is 27.2 Å². The summed E-state index contributed by atoms with van der Waals surface area (Å²) >= 11 is 0. The molecule has 1 aromatic heterocycles. The fourth-order valence-corrected chi connectivity index (χ4v) is 2.16. The van der Waals surface area contributed by atoms with Crippen molar-refractivity contribution in [2.75, 3.05) is 5.32 Å². The van der Waals surface area contributed by atoms with Gasteiger partial charge in [0.05, 0.1) is 21.5 Å². The molecule has 0 radical (unpaired) electrons. The van der Waals surface area contributed by atoms with Crippen molar-refractivity contribution >= 4 is 39.8 Å². The van der Waals surface area contributed by atoms with Crippen LogP contribution in [0.15, 0.2) is 35.0 Å². The summed E-state index contributed by atoms with van der Waals surface area (Å²) in [5.41, 5.74) is -1.48. The van der Waals surface area contributed by atoms with Gasteiger partial charge in [-0.2, -0.15) is 0 Å². The zero-order valence-electron chi connectivity index (χ0n) is 12.1. The molecule has 3 aromatic rings. The van der Waals surface area contributed by atoms with Crippen LogP contribution >= 0.6 is 0 Å². The lowest BCUT2D eigenvalue weighted by Crippen LogP contribution is -2.01. The van der Waals surface area contributed by atoms with Crippen LogP contribution in [0.2, 0.25) is 0 Å². The van der Waals surface area contributed by atoms with E-state index in [0.29, 0.717) is 5.69 Å². The molecular weight excluding hydrogens is 338 g/mol. The Morgan fingerprint density at radius 3 is 2.20 bits per heavy atom. The molecule has 3 rings (SSSR count). The Morgan fingerprint density at radius 2 is 1.64 bits per heavy atom. The molecule has 0 bridgehead atoms. The summed E-state index contributed by atoms with van der Waals surface area (Å²) in [6.45, 7) is 0. The first kappa shape index (κ1) is 15.8. The highest BCUT2D eigenvalue weighted by molar-refractivity contribution is 6.00. The second kappa shape index (κ2) is 5.84. The van der Waals surface area contributed by atoms with Crippen molar-refractivity contribution in [1.82, 2.24) is 10.3 Å². The van der Waals surface area contributed by atoms with Crippen LogP contribution in [0.4, 0.5) is 22.7 Å². The van der Waals surface area contributed by atoms with Gasteiger partial charge in [-0.3, -0.25) is 20.2 Å². The maximum atomic E-state index is 11.3. The van der Waals surface area contributed by atoms with Gasteiger partial charge in [-0.25, -0.2) is 9.42 Å². The minimum absolute atomic E-state index is 0.0250. The van der Waals surface area contributed by atoms with E-state index in [1.165, 1.54) is 24.3 Å². The third kappa shape index (κ3) is 2.78. The molecule has 0 amide bonds. The number of hydrogen-bond acceptors (Lipinski definition) is 9. The van der Waals surface area contributed by atoms with Crippen LogP contribution in [-0.4, -0.2) is 31.2 Å². The molecule has 0 aliphatic heterocycles. The molecule has 12 heteroatoms. The number of hydrogen-bond donors (Lipinski definition) is 2. The molecule has 2 aromatic carbocycles. The summed E-state index contributed by atoms with van der Waals surface area (Å²) in [5.74, 6) is -1.13. The number of non-ortho nitro benzene ring substituents is 1. The van der Waals surface area contributed by atoms with Crippen LogP contribution in [0.25, 0.3) is 11.0 Å². The highest BCUT2D eigenvalue weighted by atomic mass is 16.6. The Labute approximate surface area is 136 Å². The van der Waals surface area contributed by atoms with E-state index in [0.717, 1.165) is 6.07 Å². The number of carboxylic acids is 1. The van der Waals surface area contributed by atoms with Gasteiger partial charge >= 0.3 is 17.3 Å². The summed E-state index contributed by atoms with van der Waals surface area (Å²) in [6.07, 6.45) is 0. The number of nitro groups is 2. The van der Waals surface area contributed by atoms with Crippen LogP contribution in [-0.2, 0) is 0 Å². The van der Waals surface area contributed by atoms with Gasteiger partial charge < -0.3 is 10.4 Å². The topological polar surface area (TPSA) is 175 Å². The third-order valence-corrected chi connectivity index (χ3v) is 3.29. The van der Waals surface area contributed by atoms with E-state index in [-0.39, 0.29) is 22.3 Å². The number of nitrogens with one attached hydrogen (secondary N) is 1. The predicted octanol–water partition coefficient (Wildman–Crippen LogP) is 2.48. The average Bonchev–Trinajstić information content (AvgIpc) is 3.04. The van der Waals surface area contributed by atoms with Crippen molar-refractivity contribution in [2.45, 2.75) is 0 Å². The summed E-state index contributed by atoms with van der Waals surface area (Å²) in [6, 6.07) is 6.10. The van der Waals surface area contributed by atoms with E-state index in [1.807, 2.05) is 0 Å². The second-order valence-corrected chi connectivity index (χ2v) is 4.77. The van der Waals surface area contributed by atoms with Crippen molar-refractivity contribution in [1.29, 1.82) is 0 Å². The smallest absolute Gasteiger partial charge is 0.335 e. The Bertz CT molecular complexity index is 1010. The van der Waals surface area contributed by atoms with Crippen LogP contribution in [0.1, 0.15) is 10.4 Å². The fraction of sp³-hybridized carbons (Fsp3) is 0. The number of aromatic carboxylic acids is 1. The predicted molar refractivity (Wildman–Crippen MR) is 81.8 cm³/mol. The lowest BCUT2D eigenvalue weighted by molar-refractivity contribution is -0.392. The first-order valence-corrected chi connectivity index (χ1v) is 6.57. The highest BCUT2D eigenvalue weighted by Crippen LogP contribution is 2.39. The first-order chi connectivity index (χ1) is 11.9. The SMILES string of the molecule is O=C(O)c1ccc(Nc2c([N+](=O)[O-])cc([N+](=O)[O-])c3nonc23)cc1. The van der Waals surface area contributed by atoms with E-state index in [2.05, 4.69) is 20.3 Å². The van der Waals surface area contributed by atoms with Crippen molar-refractivity contribution < 1.29 is 24.4 Å². The third-order valence-electron chi connectivity index (χ3n) is 3.29. The molecule has 0 spiro atoms. The van der Waals surface area contributed by atoms with Gasteiger partial charge in [0, 0.05) is 5.69 Å². The monoisotopic (exact) mass is 345 g/mol. The number of benzene rings is 2. The zero-order valence-corrected chi connectivity index (χ0v) is 12.1. The molecule has 0 fully saturated rings. The van der Waals surface area contributed by atoms with Crippen LogP contribution in [0.5, 0.6) is 0 Å². The maximum absolute atomic E-state index is 11.3. The summed E-state index contributed by atoms with van der Waals surface area (Å²) < 4.78 is 4.47. The standard InChI is InChI=1S/C13H7N5O7/c19-13(20)6-1-3-7(4-2-6)14-10-8(17(21)22)5-9(18(23)24)11-12(10)16-25-15-11/h1-5,14H,(H,19,20). The maximum Gasteiger partial charge on any atom is 0.335 e. The molecule has 0 aliphatic rings. The summed E-state index contributed by atoms with van der Waals surface area (Å²) in [5, 5.41) is 40.8. The molecule has 2 N–H and O–H groups in total. The second-order valence-electron chi connectivity index (χ2n) is 4.77. The van der Waals surface area contributed by atoms with Gasteiger partial charge in [0.25, 0.3) is 0 Å². The van der Waals surface area contributed by atoms with Crippen LogP contribution < -0.4 is 5.32 Å². The molecule has 1 heterocycles. The van der Waals surface area contributed by atoms with Gasteiger partial charge in [-0.05, 0) is 34.6 Å². The van der Waals surface area contributed by atoms with E-state index in [4.69, 9.17) is 5.11 Å². The fourth-order valence-electron chi connectivity index (χ4n) is 2.16. The summed E-state index contributed by atoms with van der Waals surface area (Å²) in [4.78, 5) is 31.6. The molecule has 12 nitrogen and oxygen atoms in total. The molecule has 0 aliphatic carbocycles. The minimum atomic E-state index is -1.13. The van der Waals surface area contributed by atoms with Gasteiger partial charge in [-0.1, -0.05) is 0 Å². The van der Waals surface area contributed by atoms with Crippen molar-refractivity contribution in [3.05, 3.63) is 56.1 Å². The Balaban J connectivity index is 2.14. The largest absolute Gasteiger partial charge is 0.478 e. The number of nitrogens with zero attached hydrogens (tertiary/aromatic N) is 4. The lowest BCUT2D eigenvalue weighted by atomic mass is 10.1. The Kier molecular flexibility index (Phi) is 3.69. The number of fused-ring (bicyclic) bond motifs is 1. The van der Waals surface area contributed by atoms with Gasteiger partial charge in [0.1, 0.15) is 5.69 Å². The molecule has 0 atom stereocenters. The normalized spacial score (nSPS) is 10.6. The zero-order chi connectivity index (χ0) is 18.1. The number of rotatable bonds is 5. The number of aromatic nitrogens is 2. The lowest BCUT2D eigenvalue weighted by Gasteiger charge is -2.07. The van der Waals surface area contributed by atoms with E-state index in [1.54, 1.807) is 0 Å². The number of anilines is 2. The summed E-state index contributed by atoms with van der Waals surface area (Å²) in [7, 11) is 0. The van der Waals surface area contributed by atoms with Crippen molar-refractivity contribution in [3.63, 3.8) is 0 Å². The quantitative estimate of drug-likeness (QED) is 0.516. The minimum Gasteiger partial charge on any atom is -0.478 e. The highest BCUT2D eigenvalue weighted by Gasteiger charge is 2.29. The molecular formula is C13H7N5O7. The van der Waals surface area contributed by atoms with E-state index in [9.17, 15) is 25.0 Å². The van der Waals surface area contributed by atoms with Crippen molar-refractivity contribution in [2.24, 2.45) is 0 Å². The molecule has 0 saturated carbocycles. The van der Waals surface area contributed by atoms with Gasteiger partial charge in [0.2, 0.25) is 5.52 Å². The number of carbonyl (C=O) groups is 1. The molecule has 0 saturated heterocycles. The van der Waals surface area contributed by atoms with E-state index >= 15 is 0 Å². The van der Waals surface area contributed by atoms with Gasteiger partial charge in [-0.15, -0.1) is 0 Å². The average molecular weight is 345 g/mol.